The highest BCUT2D eigenvalue weighted by molar-refractivity contribution is 5.97. The minimum Gasteiger partial charge on any atom is -0.408 e. The Morgan fingerprint density at radius 3 is 2.12 bits per heavy atom. The van der Waals surface area contributed by atoms with E-state index in [1.807, 2.05) is 18.2 Å². The number of aromatic amines is 1. The second kappa shape index (κ2) is 6.51. The van der Waals surface area contributed by atoms with Gasteiger partial charge in [-0.3, -0.25) is 14.6 Å². The van der Waals surface area contributed by atoms with E-state index in [1.165, 1.54) is 0 Å². The first-order valence-electron chi connectivity index (χ1n) is 8.38. The fraction of sp³-hybridized carbons (Fsp3) is 0.211. The molecule has 1 N–H and O–H groups in total. The van der Waals surface area contributed by atoms with Crippen molar-refractivity contribution in [2.45, 2.75) is 0 Å². The van der Waals surface area contributed by atoms with Crippen molar-refractivity contribution in [2.75, 3.05) is 26.2 Å². The van der Waals surface area contributed by atoms with Crippen LogP contribution >= 0.6 is 0 Å². The molecule has 26 heavy (non-hydrogen) atoms. The van der Waals surface area contributed by atoms with Crippen LogP contribution < -0.4 is 5.76 Å². The summed E-state index contributed by atoms with van der Waals surface area (Å²) in [6, 6.07) is 14.0. The highest BCUT2D eigenvalue weighted by Gasteiger charge is 2.25. The Bertz CT molecular complexity index is 1010. The van der Waals surface area contributed by atoms with E-state index in [4.69, 9.17) is 4.42 Å². The molecule has 0 saturated carbocycles. The zero-order valence-corrected chi connectivity index (χ0v) is 14.0. The van der Waals surface area contributed by atoms with Gasteiger partial charge in [-0.05, 0) is 30.3 Å². The second-order valence-corrected chi connectivity index (χ2v) is 6.18. The van der Waals surface area contributed by atoms with Crippen LogP contribution in [0, 0.1) is 0 Å². The van der Waals surface area contributed by atoms with Crippen molar-refractivity contribution >= 4 is 22.9 Å². The molecular formula is C19H17N3O4. The Hall–Kier alpha value is -3.35. The summed E-state index contributed by atoms with van der Waals surface area (Å²) >= 11 is 0. The smallest absolute Gasteiger partial charge is 0.408 e. The maximum atomic E-state index is 12.7. The minimum absolute atomic E-state index is 0.0184. The number of H-pyrrole nitrogens is 1. The number of hydrogen-bond donors (Lipinski definition) is 1. The molecule has 0 spiro atoms. The number of rotatable bonds is 2. The van der Waals surface area contributed by atoms with E-state index >= 15 is 0 Å². The summed E-state index contributed by atoms with van der Waals surface area (Å²) in [4.78, 5) is 42.4. The Morgan fingerprint density at radius 1 is 0.846 bits per heavy atom. The number of aromatic nitrogens is 1. The summed E-state index contributed by atoms with van der Waals surface area (Å²) < 4.78 is 4.95. The van der Waals surface area contributed by atoms with E-state index in [1.54, 1.807) is 40.1 Å². The Kier molecular flexibility index (Phi) is 4.04. The van der Waals surface area contributed by atoms with E-state index in [2.05, 4.69) is 4.98 Å². The van der Waals surface area contributed by atoms with Crippen molar-refractivity contribution in [3.63, 3.8) is 0 Å². The van der Waals surface area contributed by atoms with E-state index < -0.39 is 5.76 Å². The number of oxazole rings is 1. The molecule has 2 aromatic carbocycles. The number of carbonyl (C=O) groups is 2. The number of fused-ring (bicyclic) bond motifs is 1. The highest BCUT2D eigenvalue weighted by Crippen LogP contribution is 2.16. The molecule has 0 atom stereocenters. The monoisotopic (exact) mass is 351 g/mol. The number of nitrogens with one attached hydrogen (secondary N) is 1. The van der Waals surface area contributed by atoms with Crippen LogP contribution in [0.2, 0.25) is 0 Å². The summed E-state index contributed by atoms with van der Waals surface area (Å²) in [5.74, 6) is -0.687. The first kappa shape index (κ1) is 16.1. The maximum absolute atomic E-state index is 12.7. The van der Waals surface area contributed by atoms with Gasteiger partial charge in [0, 0.05) is 37.3 Å². The fourth-order valence-corrected chi connectivity index (χ4v) is 3.14. The molecule has 0 radical (unpaired) electrons. The van der Waals surface area contributed by atoms with Gasteiger partial charge in [0.2, 0.25) is 0 Å². The minimum atomic E-state index is -0.544. The van der Waals surface area contributed by atoms with Gasteiger partial charge in [-0.25, -0.2) is 4.79 Å². The molecule has 2 amide bonds. The summed E-state index contributed by atoms with van der Waals surface area (Å²) in [6.07, 6.45) is 0. The summed E-state index contributed by atoms with van der Waals surface area (Å²) in [7, 11) is 0. The van der Waals surface area contributed by atoms with Crippen LogP contribution in [0.4, 0.5) is 0 Å². The van der Waals surface area contributed by atoms with Crippen molar-refractivity contribution in [2.24, 2.45) is 0 Å². The SMILES string of the molecule is O=C(c1ccccc1)N1CCN(C(=O)c2ccc3oc(=O)[nH]c3c2)CC1. The van der Waals surface area contributed by atoms with Gasteiger partial charge < -0.3 is 14.2 Å². The predicted molar refractivity (Wildman–Crippen MR) is 95.1 cm³/mol. The van der Waals surface area contributed by atoms with E-state index in [-0.39, 0.29) is 11.8 Å². The van der Waals surface area contributed by atoms with Crippen LogP contribution in [0.5, 0.6) is 0 Å². The topological polar surface area (TPSA) is 86.6 Å². The number of benzene rings is 2. The molecule has 4 rings (SSSR count). The van der Waals surface area contributed by atoms with Crippen LogP contribution in [0.1, 0.15) is 20.7 Å². The normalized spacial score (nSPS) is 14.6. The molecule has 1 fully saturated rings. The molecule has 7 heteroatoms. The van der Waals surface area contributed by atoms with Crippen LogP contribution in [0.3, 0.4) is 0 Å². The first-order valence-corrected chi connectivity index (χ1v) is 8.38. The van der Waals surface area contributed by atoms with E-state index in [0.29, 0.717) is 48.4 Å². The van der Waals surface area contributed by atoms with Crippen molar-refractivity contribution in [3.05, 3.63) is 70.2 Å². The lowest BCUT2D eigenvalue weighted by Crippen LogP contribution is -2.50. The molecule has 1 aromatic heterocycles. The second-order valence-electron chi connectivity index (χ2n) is 6.18. The molecular weight excluding hydrogens is 334 g/mol. The van der Waals surface area contributed by atoms with Crippen LogP contribution in [0.25, 0.3) is 11.1 Å². The van der Waals surface area contributed by atoms with Gasteiger partial charge in [0.05, 0.1) is 5.52 Å². The third-order valence-electron chi connectivity index (χ3n) is 4.54. The molecule has 1 aliphatic rings. The molecule has 132 valence electrons. The summed E-state index contributed by atoms with van der Waals surface area (Å²) in [6.45, 7) is 1.92. The molecule has 0 unspecified atom stereocenters. The molecule has 3 aromatic rings. The van der Waals surface area contributed by atoms with Crippen molar-refractivity contribution < 1.29 is 14.0 Å². The Labute approximate surface area is 148 Å². The first-order chi connectivity index (χ1) is 12.6. The summed E-state index contributed by atoms with van der Waals surface area (Å²) in [5.41, 5.74) is 2.06. The number of nitrogens with zero attached hydrogens (tertiary/aromatic N) is 2. The third kappa shape index (κ3) is 2.99. The quantitative estimate of drug-likeness (QED) is 0.762. The average Bonchev–Trinajstić information content (AvgIpc) is 3.07. The van der Waals surface area contributed by atoms with Gasteiger partial charge >= 0.3 is 5.76 Å². The number of amides is 2. The van der Waals surface area contributed by atoms with Gasteiger partial charge in [0.25, 0.3) is 11.8 Å². The zero-order valence-electron chi connectivity index (χ0n) is 14.0. The van der Waals surface area contributed by atoms with Gasteiger partial charge in [-0.2, -0.15) is 0 Å². The molecule has 0 bridgehead atoms. The Morgan fingerprint density at radius 2 is 1.46 bits per heavy atom. The molecule has 1 saturated heterocycles. The summed E-state index contributed by atoms with van der Waals surface area (Å²) in [5, 5.41) is 0. The average molecular weight is 351 g/mol. The van der Waals surface area contributed by atoms with Crippen LogP contribution in [-0.2, 0) is 0 Å². The predicted octanol–water partition coefficient (Wildman–Crippen LogP) is 1.72. The molecule has 2 heterocycles. The van der Waals surface area contributed by atoms with Crippen molar-refractivity contribution in [3.8, 4) is 0 Å². The van der Waals surface area contributed by atoms with Crippen molar-refractivity contribution in [1.82, 2.24) is 14.8 Å². The van der Waals surface area contributed by atoms with Gasteiger partial charge in [0.15, 0.2) is 5.58 Å². The third-order valence-corrected chi connectivity index (χ3v) is 4.54. The van der Waals surface area contributed by atoms with Gasteiger partial charge in [-0.1, -0.05) is 18.2 Å². The van der Waals surface area contributed by atoms with E-state index in [9.17, 15) is 14.4 Å². The number of piperazine rings is 1. The maximum Gasteiger partial charge on any atom is 0.417 e. The standard InChI is InChI=1S/C19H17N3O4/c23-17(13-4-2-1-3-5-13)21-8-10-22(11-9-21)18(24)14-6-7-16-15(12-14)20-19(25)26-16/h1-7,12H,8-11H2,(H,20,25). The molecule has 7 nitrogen and oxygen atoms in total. The molecule has 1 aliphatic heterocycles. The lowest BCUT2D eigenvalue weighted by atomic mass is 10.1. The zero-order chi connectivity index (χ0) is 18.1. The largest absolute Gasteiger partial charge is 0.417 e. The number of carbonyl (C=O) groups excluding carboxylic acids is 2. The fourth-order valence-electron chi connectivity index (χ4n) is 3.14. The van der Waals surface area contributed by atoms with Crippen molar-refractivity contribution in [1.29, 1.82) is 0 Å². The van der Waals surface area contributed by atoms with E-state index in [0.717, 1.165) is 0 Å². The highest BCUT2D eigenvalue weighted by atomic mass is 16.4. The number of hydrogen-bond acceptors (Lipinski definition) is 4. The molecule has 0 aliphatic carbocycles. The lowest BCUT2D eigenvalue weighted by Gasteiger charge is -2.34. The van der Waals surface area contributed by atoms with Gasteiger partial charge in [-0.15, -0.1) is 0 Å². The Balaban J connectivity index is 1.44. The van der Waals surface area contributed by atoms with Gasteiger partial charge in [0.1, 0.15) is 0 Å². The lowest BCUT2D eigenvalue weighted by molar-refractivity contribution is 0.0535. The van der Waals surface area contributed by atoms with Crippen LogP contribution in [0.15, 0.2) is 57.7 Å². The van der Waals surface area contributed by atoms with Crippen LogP contribution in [-0.4, -0.2) is 52.8 Å².